The monoisotopic (exact) mass is 345 g/mol. The van der Waals surface area contributed by atoms with Crippen molar-refractivity contribution in [3.63, 3.8) is 0 Å². The Labute approximate surface area is 146 Å². The van der Waals surface area contributed by atoms with Gasteiger partial charge < -0.3 is 19.9 Å². The van der Waals surface area contributed by atoms with Crippen molar-refractivity contribution < 1.29 is 18.8 Å². The molecule has 25 heavy (non-hydrogen) atoms. The highest BCUT2D eigenvalue weighted by Gasteiger charge is 2.36. The summed E-state index contributed by atoms with van der Waals surface area (Å²) in [5.41, 5.74) is -0.709. The van der Waals surface area contributed by atoms with Crippen molar-refractivity contribution in [2.75, 3.05) is 10.6 Å². The summed E-state index contributed by atoms with van der Waals surface area (Å²) in [6.45, 7) is 8.68. The molecular formula is C18H23N3O4. The molecule has 2 aromatic rings. The van der Waals surface area contributed by atoms with Gasteiger partial charge in [-0.05, 0) is 58.9 Å². The number of ether oxygens (including phenoxy) is 1. The smallest absolute Gasteiger partial charge is 0.240 e. The number of amides is 2. The second-order valence-electron chi connectivity index (χ2n) is 6.55. The van der Waals surface area contributed by atoms with Crippen LogP contribution in [0.4, 0.5) is 11.5 Å². The second-order valence-corrected chi connectivity index (χ2v) is 6.55. The summed E-state index contributed by atoms with van der Waals surface area (Å²) in [5, 5.41) is 9.00. The highest BCUT2D eigenvalue weighted by molar-refractivity contribution is 6.13. The van der Waals surface area contributed by atoms with E-state index in [0.29, 0.717) is 17.2 Å². The molecule has 2 amide bonds. The number of benzene rings is 1. The van der Waals surface area contributed by atoms with E-state index < -0.39 is 17.2 Å². The van der Waals surface area contributed by atoms with Crippen LogP contribution < -0.4 is 15.4 Å². The molecule has 7 heteroatoms. The van der Waals surface area contributed by atoms with Crippen LogP contribution in [0.15, 0.2) is 34.9 Å². The molecule has 134 valence electrons. The number of nitrogens with zero attached hydrogens (tertiary/aromatic N) is 1. The first kappa shape index (κ1) is 18.5. The average molecular weight is 345 g/mol. The molecule has 0 aliphatic carbocycles. The van der Waals surface area contributed by atoms with Crippen molar-refractivity contribution in [2.45, 2.75) is 40.7 Å². The Hall–Kier alpha value is -2.83. The first-order valence-corrected chi connectivity index (χ1v) is 8.01. The van der Waals surface area contributed by atoms with Crippen LogP contribution in [0.2, 0.25) is 0 Å². The Morgan fingerprint density at radius 3 is 2.24 bits per heavy atom. The minimum absolute atomic E-state index is 0.0724. The number of rotatable bonds is 6. The summed E-state index contributed by atoms with van der Waals surface area (Å²) in [6.07, 6.45) is 0.0724. The summed E-state index contributed by atoms with van der Waals surface area (Å²) in [7, 11) is 0. The normalized spacial score (nSPS) is 11.3. The first-order valence-electron chi connectivity index (χ1n) is 8.01. The summed E-state index contributed by atoms with van der Waals surface area (Å²) >= 11 is 0. The highest BCUT2D eigenvalue weighted by atomic mass is 16.5. The number of anilines is 2. The maximum absolute atomic E-state index is 12.5. The van der Waals surface area contributed by atoms with Gasteiger partial charge in [0.05, 0.1) is 6.10 Å². The molecule has 0 atom stereocenters. The predicted octanol–water partition coefficient (Wildman–Crippen LogP) is 3.37. The lowest BCUT2D eigenvalue weighted by Crippen LogP contribution is -2.41. The standard InChI is InChI=1S/C18H23N3O4/c1-11(2)24-14-8-6-13(7-9-14)19-16(22)18(4,5)17(23)20-15-10-12(3)25-21-15/h6-11H,1-5H3,(H,19,22)(H,20,21,23). The zero-order valence-electron chi connectivity index (χ0n) is 15.0. The van der Waals surface area contributed by atoms with E-state index in [-0.39, 0.29) is 11.9 Å². The third-order valence-corrected chi connectivity index (χ3v) is 3.49. The predicted molar refractivity (Wildman–Crippen MR) is 94.5 cm³/mol. The molecule has 1 heterocycles. The number of aromatic nitrogens is 1. The number of carbonyl (C=O) groups excluding carboxylic acids is 2. The van der Waals surface area contributed by atoms with E-state index in [0.717, 1.165) is 0 Å². The Balaban J connectivity index is 2.01. The largest absolute Gasteiger partial charge is 0.491 e. The second kappa shape index (κ2) is 7.38. The van der Waals surface area contributed by atoms with Gasteiger partial charge in [0, 0.05) is 11.8 Å². The Morgan fingerprint density at radius 2 is 1.72 bits per heavy atom. The summed E-state index contributed by atoms with van der Waals surface area (Å²) in [6, 6.07) is 8.57. The van der Waals surface area contributed by atoms with E-state index in [9.17, 15) is 9.59 Å². The number of hydrogen-bond donors (Lipinski definition) is 2. The molecule has 2 rings (SSSR count). The van der Waals surface area contributed by atoms with Crippen molar-refractivity contribution in [3.05, 3.63) is 36.1 Å². The fraction of sp³-hybridized carbons (Fsp3) is 0.389. The summed E-state index contributed by atoms with van der Waals surface area (Å²) in [5.74, 6) is 0.659. The van der Waals surface area contributed by atoms with E-state index in [1.165, 1.54) is 0 Å². The molecule has 0 saturated carbocycles. The molecule has 1 aromatic carbocycles. The molecule has 2 N–H and O–H groups in total. The van der Waals surface area contributed by atoms with Gasteiger partial charge in [-0.2, -0.15) is 0 Å². The van der Waals surface area contributed by atoms with E-state index in [1.807, 2.05) is 13.8 Å². The maximum Gasteiger partial charge on any atom is 0.240 e. The minimum atomic E-state index is -1.29. The first-order chi connectivity index (χ1) is 11.7. The number of aryl methyl sites for hydroxylation is 1. The van der Waals surface area contributed by atoms with Gasteiger partial charge in [0.25, 0.3) is 0 Å². The third-order valence-electron chi connectivity index (χ3n) is 3.49. The molecule has 0 saturated heterocycles. The Kier molecular flexibility index (Phi) is 5.46. The lowest BCUT2D eigenvalue weighted by Gasteiger charge is -2.22. The van der Waals surface area contributed by atoms with E-state index in [2.05, 4.69) is 15.8 Å². The van der Waals surface area contributed by atoms with Crippen molar-refractivity contribution >= 4 is 23.3 Å². The van der Waals surface area contributed by atoms with Crippen LogP contribution in [0.5, 0.6) is 5.75 Å². The fourth-order valence-electron chi connectivity index (χ4n) is 1.98. The topological polar surface area (TPSA) is 93.5 Å². The minimum Gasteiger partial charge on any atom is -0.491 e. The van der Waals surface area contributed by atoms with Gasteiger partial charge in [-0.15, -0.1) is 0 Å². The van der Waals surface area contributed by atoms with Crippen LogP contribution in [-0.4, -0.2) is 23.1 Å². The lowest BCUT2D eigenvalue weighted by atomic mass is 9.91. The van der Waals surface area contributed by atoms with Gasteiger partial charge in [0.1, 0.15) is 16.9 Å². The molecule has 0 aliphatic heterocycles. The number of hydrogen-bond acceptors (Lipinski definition) is 5. The van der Waals surface area contributed by atoms with E-state index in [4.69, 9.17) is 9.26 Å². The summed E-state index contributed by atoms with van der Waals surface area (Å²) < 4.78 is 10.5. The molecule has 7 nitrogen and oxygen atoms in total. The van der Waals surface area contributed by atoms with Crippen LogP contribution in [0.25, 0.3) is 0 Å². The van der Waals surface area contributed by atoms with Crippen molar-refractivity contribution in [1.82, 2.24) is 5.16 Å². The zero-order chi connectivity index (χ0) is 18.6. The highest BCUT2D eigenvalue weighted by Crippen LogP contribution is 2.23. The van der Waals surface area contributed by atoms with E-state index >= 15 is 0 Å². The lowest BCUT2D eigenvalue weighted by molar-refractivity contribution is -0.135. The van der Waals surface area contributed by atoms with Crippen LogP contribution in [-0.2, 0) is 9.59 Å². The molecule has 0 radical (unpaired) electrons. The molecule has 0 unspecified atom stereocenters. The maximum atomic E-state index is 12.5. The Bertz CT molecular complexity index is 748. The van der Waals surface area contributed by atoms with Gasteiger partial charge in [0.15, 0.2) is 5.82 Å². The molecule has 0 aliphatic rings. The van der Waals surface area contributed by atoms with Crippen LogP contribution in [0.1, 0.15) is 33.5 Å². The van der Waals surface area contributed by atoms with Crippen molar-refractivity contribution in [3.8, 4) is 5.75 Å². The average Bonchev–Trinajstić information content (AvgIpc) is 2.93. The van der Waals surface area contributed by atoms with Crippen LogP contribution >= 0.6 is 0 Å². The fourth-order valence-corrected chi connectivity index (χ4v) is 1.98. The quantitative estimate of drug-likeness (QED) is 0.783. The molecule has 0 spiro atoms. The molecule has 0 fully saturated rings. The van der Waals surface area contributed by atoms with Crippen molar-refractivity contribution in [2.24, 2.45) is 5.41 Å². The van der Waals surface area contributed by atoms with Gasteiger partial charge in [-0.1, -0.05) is 5.16 Å². The third kappa shape index (κ3) is 4.82. The number of nitrogens with one attached hydrogen (secondary N) is 2. The van der Waals surface area contributed by atoms with Crippen LogP contribution in [0.3, 0.4) is 0 Å². The van der Waals surface area contributed by atoms with Gasteiger partial charge >= 0.3 is 0 Å². The molecular weight excluding hydrogens is 322 g/mol. The molecule has 0 bridgehead atoms. The Morgan fingerprint density at radius 1 is 1.12 bits per heavy atom. The number of carbonyl (C=O) groups is 2. The SMILES string of the molecule is Cc1cc(NC(=O)C(C)(C)C(=O)Nc2ccc(OC(C)C)cc2)no1. The van der Waals surface area contributed by atoms with E-state index in [1.54, 1.807) is 51.1 Å². The van der Waals surface area contributed by atoms with Gasteiger partial charge in [-0.3, -0.25) is 9.59 Å². The van der Waals surface area contributed by atoms with Gasteiger partial charge in [-0.25, -0.2) is 0 Å². The molecule has 1 aromatic heterocycles. The van der Waals surface area contributed by atoms with Crippen molar-refractivity contribution in [1.29, 1.82) is 0 Å². The zero-order valence-corrected chi connectivity index (χ0v) is 15.0. The van der Waals surface area contributed by atoms with Gasteiger partial charge in [0.2, 0.25) is 11.8 Å². The summed E-state index contributed by atoms with van der Waals surface area (Å²) in [4.78, 5) is 24.9. The van der Waals surface area contributed by atoms with Crippen LogP contribution in [0, 0.1) is 12.3 Å².